The van der Waals surface area contributed by atoms with E-state index in [1.54, 1.807) is 32.0 Å². The van der Waals surface area contributed by atoms with Crippen molar-refractivity contribution in [1.29, 1.82) is 0 Å². The molecule has 0 saturated carbocycles. The maximum absolute atomic E-state index is 12.8. The number of nitrogens with zero attached hydrogens (tertiary/aromatic N) is 1. The molecular formula is C26H31N3O6S2. The number of sulfonamides is 2. The summed E-state index contributed by atoms with van der Waals surface area (Å²) in [6.45, 7) is 6.94. The van der Waals surface area contributed by atoms with Crippen molar-refractivity contribution in [2.75, 3.05) is 30.7 Å². The van der Waals surface area contributed by atoms with E-state index in [1.165, 1.54) is 44.4 Å². The van der Waals surface area contributed by atoms with Crippen molar-refractivity contribution in [2.24, 2.45) is 0 Å². The Morgan fingerprint density at radius 2 is 1.43 bits per heavy atom. The summed E-state index contributed by atoms with van der Waals surface area (Å²) in [6.07, 6.45) is 0. The summed E-state index contributed by atoms with van der Waals surface area (Å²) >= 11 is 0. The number of anilines is 2. The van der Waals surface area contributed by atoms with Gasteiger partial charge in [-0.3, -0.25) is 9.52 Å². The van der Waals surface area contributed by atoms with Crippen LogP contribution in [0.25, 0.3) is 0 Å². The quantitative estimate of drug-likeness (QED) is 0.419. The van der Waals surface area contributed by atoms with Gasteiger partial charge in [-0.2, -0.15) is 0 Å². The molecule has 0 aliphatic heterocycles. The third-order valence-corrected chi connectivity index (χ3v) is 9.03. The predicted molar refractivity (Wildman–Crippen MR) is 144 cm³/mol. The van der Waals surface area contributed by atoms with E-state index in [4.69, 9.17) is 4.74 Å². The molecule has 2 N–H and O–H groups in total. The van der Waals surface area contributed by atoms with Crippen LogP contribution in [0, 0.1) is 27.7 Å². The molecule has 0 radical (unpaired) electrons. The molecule has 3 rings (SSSR count). The molecule has 0 atom stereocenters. The molecule has 0 aliphatic carbocycles. The zero-order chi connectivity index (χ0) is 27.5. The second-order valence-corrected chi connectivity index (χ2v) is 12.8. The topological polar surface area (TPSA) is 122 Å². The number of hydrogen-bond donors (Lipinski definition) is 2. The summed E-state index contributed by atoms with van der Waals surface area (Å²) in [4.78, 5) is 12.6. The molecule has 198 valence electrons. The van der Waals surface area contributed by atoms with Gasteiger partial charge in [-0.15, -0.1) is 0 Å². The third-order valence-electron chi connectivity index (χ3n) is 5.84. The average Bonchev–Trinajstić information content (AvgIpc) is 2.81. The lowest BCUT2D eigenvalue weighted by Gasteiger charge is -2.15. The Morgan fingerprint density at radius 1 is 0.784 bits per heavy atom. The lowest BCUT2D eigenvalue weighted by Crippen LogP contribution is -2.23. The molecule has 3 aromatic rings. The van der Waals surface area contributed by atoms with Gasteiger partial charge in [-0.1, -0.05) is 12.1 Å². The van der Waals surface area contributed by atoms with E-state index >= 15 is 0 Å². The Kier molecular flexibility index (Phi) is 8.31. The van der Waals surface area contributed by atoms with Gasteiger partial charge in [-0.25, -0.2) is 21.1 Å². The first-order valence-corrected chi connectivity index (χ1v) is 14.3. The van der Waals surface area contributed by atoms with Gasteiger partial charge in [0, 0.05) is 25.5 Å². The van der Waals surface area contributed by atoms with Gasteiger partial charge in [-0.05, 0) is 92.4 Å². The number of amides is 1. The first-order chi connectivity index (χ1) is 17.2. The number of aryl methyl sites for hydroxylation is 4. The minimum atomic E-state index is -3.82. The normalized spacial score (nSPS) is 11.9. The molecule has 0 aliphatic rings. The molecular weight excluding hydrogens is 514 g/mol. The van der Waals surface area contributed by atoms with E-state index in [0.29, 0.717) is 28.3 Å². The number of ether oxygens (including phenoxy) is 1. The first kappa shape index (κ1) is 28.2. The van der Waals surface area contributed by atoms with E-state index in [0.717, 1.165) is 15.4 Å². The van der Waals surface area contributed by atoms with Crippen molar-refractivity contribution in [1.82, 2.24) is 4.31 Å². The summed E-state index contributed by atoms with van der Waals surface area (Å²) in [6, 6.07) is 14.2. The molecule has 0 bridgehead atoms. The van der Waals surface area contributed by atoms with E-state index in [9.17, 15) is 21.6 Å². The lowest BCUT2D eigenvalue weighted by atomic mass is 10.1. The number of nitrogens with one attached hydrogen (secondary N) is 2. The van der Waals surface area contributed by atoms with Crippen LogP contribution in [0.1, 0.15) is 22.3 Å². The number of carbonyl (C=O) groups is 1. The molecule has 0 heterocycles. The number of hydrogen-bond acceptors (Lipinski definition) is 6. The Hall–Kier alpha value is -3.41. The predicted octanol–water partition coefficient (Wildman–Crippen LogP) is 3.99. The zero-order valence-corrected chi connectivity index (χ0v) is 23.2. The largest absolute Gasteiger partial charge is 0.483 e. The lowest BCUT2D eigenvalue weighted by molar-refractivity contribution is -0.118. The smallest absolute Gasteiger partial charge is 0.262 e. The van der Waals surface area contributed by atoms with Crippen LogP contribution >= 0.6 is 0 Å². The highest BCUT2D eigenvalue weighted by atomic mass is 32.2. The maximum Gasteiger partial charge on any atom is 0.262 e. The molecule has 0 fully saturated rings. The summed E-state index contributed by atoms with van der Waals surface area (Å²) in [7, 11) is -4.61. The van der Waals surface area contributed by atoms with Crippen molar-refractivity contribution in [3.63, 3.8) is 0 Å². The Morgan fingerprint density at radius 3 is 2.05 bits per heavy atom. The van der Waals surface area contributed by atoms with Crippen molar-refractivity contribution < 1.29 is 26.4 Å². The minimum absolute atomic E-state index is 0.0568. The number of rotatable bonds is 9. The fourth-order valence-electron chi connectivity index (χ4n) is 3.41. The first-order valence-electron chi connectivity index (χ1n) is 11.4. The van der Waals surface area contributed by atoms with E-state index in [1.807, 2.05) is 19.9 Å². The zero-order valence-electron chi connectivity index (χ0n) is 21.6. The Bertz CT molecular complexity index is 1550. The SMILES string of the molecule is Cc1ccc(NS(=O)(=O)c2ccc(OCC(=O)Nc3cc(S(=O)(=O)N(C)C)ccc3C)c(C)c2)cc1C. The van der Waals surface area contributed by atoms with Crippen LogP contribution in [0.15, 0.2) is 64.4 Å². The average molecular weight is 546 g/mol. The highest BCUT2D eigenvalue weighted by molar-refractivity contribution is 7.92. The molecule has 9 nitrogen and oxygen atoms in total. The molecule has 0 saturated heterocycles. The van der Waals surface area contributed by atoms with Gasteiger partial charge in [0.1, 0.15) is 5.75 Å². The second kappa shape index (κ2) is 10.9. The number of carbonyl (C=O) groups excluding carboxylic acids is 1. The fourth-order valence-corrected chi connectivity index (χ4v) is 5.47. The van der Waals surface area contributed by atoms with E-state index in [-0.39, 0.29) is 16.4 Å². The van der Waals surface area contributed by atoms with Crippen LogP contribution in [0.3, 0.4) is 0 Å². The van der Waals surface area contributed by atoms with Gasteiger partial charge in [0.2, 0.25) is 10.0 Å². The van der Waals surface area contributed by atoms with Gasteiger partial charge >= 0.3 is 0 Å². The van der Waals surface area contributed by atoms with Gasteiger partial charge in [0.05, 0.1) is 9.79 Å². The molecule has 0 unspecified atom stereocenters. The van der Waals surface area contributed by atoms with Gasteiger partial charge in [0.25, 0.3) is 15.9 Å². The highest BCUT2D eigenvalue weighted by Crippen LogP contribution is 2.25. The maximum atomic E-state index is 12.8. The monoisotopic (exact) mass is 545 g/mol. The fraction of sp³-hybridized carbons (Fsp3) is 0.269. The van der Waals surface area contributed by atoms with E-state index in [2.05, 4.69) is 10.0 Å². The summed E-state index contributed by atoms with van der Waals surface area (Å²) in [5, 5.41) is 2.67. The van der Waals surface area contributed by atoms with Crippen LogP contribution in [0.2, 0.25) is 0 Å². The molecule has 0 spiro atoms. The minimum Gasteiger partial charge on any atom is -0.483 e. The van der Waals surface area contributed by atoms with Crippen molar-refractivity contribution in [2.45, 2.75) is 37.5 Å². The molecule has 37 heavy (non-hydrogen) atoms. The summed E-state index contributed by atoms with van der Waals surface area (Å²) < 4.78 is 59.8. The third kappa shape index (κ3) is 6.68. The Labute approximate surface area is 218 Å². The summed E-state index contributed by atoms with van der Waals surface area (Å²) in [5.74, 6) is -0.143. The van der Waals surface area contributed by atoms with E-state index < -0.39 is 26.0 Å². The van der Waals surface area contributed by atoms with Crippen LogP contribution < -0.4 is 14.8 Å². The Balaban J connectivity index is 1.69. The van der Waals surface area contributed by atoms with Crippen LogP contribution in [0.4, 0.5) is 11.4 Å². The highest BCUT2D eigenvalue weighted by Gasteiger charge is 2.19. The van der Waals surface area contributed by atoms with Crippen molar-refractivity contribution in [3.8, 4) is 5.75 Å². The molecule has 0 aromatic heterocycles. The molecule has 1 amide bonds. The van der Waals surface area contributed by atoms with Crippen LogP contribution in [0.5, 0.6) is 5.75 Å². The molecule has 11 heteroatoms. The second-order valence-electron chi connectivity index (χ2n) is 8.93. The molecule has 3 aromatic carbocycles. The van der Waals surface area contributed by atoms with Crippen LogP contribution in [-0.2, 0) is 24.8 Å². The standard InChI is InChI=1S/C26H31N3O6S2/c1-17-7-9-21(13-19(17)3)28-36(31,32)22-11-12-25(20(4)14-22)35-16-26(30)27-24-15-23(10-8-18(24)2)37(33,34)29(5)6/h7-15,28H,16H2,1-6H3,(H,27,30). The van der Waals surface area contributed by atoms with Gasteiger partial charge < -0.3 is 10.1 Å². The summed E-state index contributed by atoms with van der Waals surface area (Å²) in [5.41, 5.74) is 4.08. The number of benzene rings is 3. The van der Waals surface area contributed by atoms with Gasteiger partial charge in [0.15, 0.2) is 6.61 Å². The van der Waals surface area contributed by atoms with Crippen molar-refractivity contribution in [3.05, 3.63) is 76.9 Å². The van der Waals surface area contributed by atoms with Crippen molar-refractivity contribution >= 4 is 37.3 Å². The van der Waals surface area contributed by atoms with Crippen LogP contribution in [-0.4, -0.2) is 47.8 Å².